The van der Waals surface area contributed by atoms with Gasteiger partial charge in [0.2, 0.25) is 0 Å². The van der Waals surface area contributed by atoms with E-state index in [1.807, 2.05) is 58.0 Å². The van der Waals surface area contributed by atoms with E-state index < -0.39 is 17.9 Å². The summed E-state index contributed by atoms with van der Waals surface area (Å²) in [6, 6.07) is 20.5. The first kappa shape index (κ1) is 27.0. The van der Waals surface area contributed by atoms with Gasteiger partial charge >= 0.3 is 18.0 Å². The molecular weight excluding hydrogens is 488 g/mol. The van der Waals surface area contributed by atoms with Crippen LogP contribution in [-0.2, 0) is 32.2 Å². The summed E-state index contributed by atoms with van der Waals surface area (Å²) in [4.78, 5) is 42.5. The largest absolute Gasteiger partial charge is 0.465 e. The van der Waals surface area contributed by atoms with Gasteiger partial charge in [0.15, 0.2) is 5.92 Å². The minimum Gasteiger partial charge on any atom is -0.465 e. The van der Waals surface area contributed by atoms with Crippen LogP contribution in [0.1, 0.15) is 44.2 Å². The number of rotatable bonds is 12. The van der Waals surface area contributed by atoms with Crippen LogP contribution in [0.5, 0.6) is 0 Å². The number of ether oxygens (including phenoxy) is 2. The van der Waals surface area contributed by atoms with Crippen molar-refractivity contribution >= 4 is 29.7 Å². The minimum absolute atomic E-state index is 0.0731. The summed E-state index contributed by atoms with van der Waals surface area (Å²) in [5, 5.41) is 0.225. The van der Waals surface area contributed by atoms with Crippen LogP contribution in [0.4, 0.5) is 4.79 Å². The maximum Gasteiger partial charge on any atom is 0.321 e. The predicted molar refractivity (Wildman–Crippen MR) is 144 cm³/mol. The highest BCUT2D eigenvalue weighted by atomic mass is 32.2. The van der Waals surface area contributed by atoms with Crippen molar-refractivity contribution in [2.24, 2.45) is 5.92 Å². The first-order chi connectivity index (χ1) is 18.0. The Morgan fingerprint density at radius 3 is 1.97 bits per heavy atom. The maximum absolute atomic E-state index is 13.7. The maximum atomic E-state index is 13.7. The molecule has 3 atom stereocenters. The number of thioether (sulfide) groups is 1. The van der Waals surface area contributed by atoms with Gasteiger partial charge in [-0.25, -0.2) is 4.79 Å². The molecule has 2 heterocycles. The predicted octanol–water partition coefficient (Wildman–Crippen LogP) is 4.89. The van der Waals surface area contributed by atoms with Gasteiger partial charge in [-0.15, -0.1) is 0 Å². The van der Waals surface area contributed by atoms with Gasteiger partial charge in [-0.3, -0.25) is 9.59 Å². The van der Waals surface area contributed by atoms with Gasteiger partial charge in [0.25, 0.3) is 0 Å². The molecule has 2 aromatic carbocycles. The summed E-state index contributed by atoms with van der Waals surface area (Å²) < 4.78 is 10.3. The Labute approximate surface area is 223 Å². The van der Waals surface area contributed by atoms with Crippen LogP contribution in [0.25, 0.3) is 0 Å². The number of esters is 2. The molecule has 0 aliphatic carbocycles. The number of carbonyl (C=O) groups is 3. The molecule has 0 saturated carbocycles. The molecule has 0 aromatic heterocycles. The third kappa shape index (κ3) is 6.47. The topological polar surface area (TPSA) is 76.2 Å². The van der Waals surface area contributed by atoms with Crippen molar-refractivity contribution in [2.75, 3.05) is 19.0 Å². The molecule has 7 nitrogen and oxygen atoms in total. The second kappa shape index (κ2) is 13.0. The van der Waals surface area contributed by atoms with Crippen molar-refractivity contribution in [1.82, 2.24) is 9.80 Å². The van der Waals surface area contributed by atoms with E-state index in [4.69, 9.17) is 9.47 Å². The molecule has 4 rings (SSSR count). The van der Waals surface area contributed by atoms with Crippen LogP contribution < -0.4 is 0 Å². The summed E-state index contributed by atoms with van der Waals surface area (Å²) in [6.07, 6.45) is 1.86. The molecule has 0 radical (unpaired) electrons. The fourth-order valence-corrected chi connectivity index (χ4v) is 6.98. The molecule has 2 saturated heterocycles. The molecule has 37 heavy (non-hydrogen) atoms. The van der Waals surface area contributed by atoms with Crippen LogP contribution in [0.15, 0.2) is 60.7 Å². The quantitative estimate of drug-likeness (QED) is 0.224. The lowest BCUT2D eigenvalue weighted by Gasteiger charge is -2.27. The van der Waals surface area contributed by atoms with Crippen molar-refractivity contribution in [3.05, 3.63) is 71.8 Å². The molecule has 2 aliphatic rings. The number of nitrogens with zero attached hydrogens (tertiary/aromatic N) is 2. The highest BCUT2D eigenvalue weighted by Crippen LogP contribution is 2.43. The van der Waals surface area contributed by atoms with Gasteiger partial charge in [0.1, 0.15) is 0 Å². The Balaban J connectivity index is 1.47. The Kier molecular flexibility index (Phi) is 9.50. The zero-order valence-electron chi connectivity index (χ0n) is 21.6. The van der Waals surface area contributed by atoms with Gasteiger partial charge in [-0.1, -0.05) is 67.1 Å². The third-order valence-electron chi connectivity index (χ3n) is 7.02. The molecule has 198 valence electrons. The Morgan fingerprint density at radius 2 is 1.43 bits per heavy atom. The summed E-state index contributed by atoms with van der Waals surface area (Å²) in [5.41, 5.74) is 2.23. The van der Waals surface area contributed by atoms with Gasteiger partial charge in [-0.05, 0) is 37.8 Å². The zero-order valence-corrected chi connectivity index (χ0v) is 22.4. The average Bonchev–Trinajstić information content (AvgIpc) is 3.42. The number of urea groups is 1. The second-order valence-corrected chi connectivity index (χ2v) is 10.7. The SMILES string of the molecule is CCOC(=O)C(CCC[C@@H]1SC[C@H]2[C@@H]1N(Cc1ccccc1)C(=O)N2Cc1ccccc1)C(=O)OCC. The number of amides is 2. The molecular formula is C29H36N2O5S. The van der Waals surface area contributed by atoms with Crippen LogP contribution in [0.3, 0.4) is 0 Å². The summed E-state index contributed by atoms with van der Waals surface area (Å²) in [6.45, 7) is 5.07. The van der Waals surface area contributed by atoms with Crippen molar-refractivity contribution in [3.63, 3.8) is 0 Å². The Hall–Kier alpha value is -3.00. The van der Waals surface area contributed by atoms with Crippen molar-refractivity contribution < 1.29 is 23.9 Å². The van der Waals surface area contributed by atoms with Crippen LogP contribution in [0.2, 0.25) is 0 Å². The number of carbonyl (C=O) groups excluding carboxylic acids is 3. The Morgan fingerprint density at radius 1 is 0.892 bits per heavy atom. The van der Waals surface area contributed by atoms with Gasteiger partial charge in [-0.2, -0.15) is 11.8 Å². The molecule has 2 aromatic rings. The normalized spacial score (nSPS) is 20.8. The van der Waals surface area contributed by atoms with Gasteiger partial charge in [0.05, 0.1) is 25.3 Å². The summed E-state index contributed by atoms with van der Waals surface area (Å²) in [5.74, 6) is -1.07. The van der Waals surface area contributed by atoms with Crippen LogP contribution in [-0.4, -0.2) is 64.1 Å². The Bertz CT molecular complexity index is 1030. The number of fused-ring (bicyclic) bond motifs is 1. The van der Waals surface area contributed by atoms with E-state index in [9.17, 15) is 14.4 Å². The molecule has 2 fully saturated rings. The number of benzene rings is 2. The van der Waals surface area contributed by atoms with Crippen molar-refractivity contribution in [2.45, 2.75) is 63.5 Å². The lowest BCUT2D eigenvalue weighted by molar-refractivity contribution is -0.161. The molecule has 0 unspecified atom stereocenters. The van der Waals surface area contributed by atoms with Crippen molar-refractivity contribution in [3.8, 4) is 0 Å². The van der Waals surface area contributed by atoms with E-state index in [-0.39, 0.29) is 36.6 Å². The summed E-state index contributed by atoms with van der Waals surface area (Å²) in [7, 11) is 0. The van der Waals surface area contributed by atoms with E-state index in [0.29, 0.717) is 25.9 Å². The molecule has 0 bridgehead atoms. The van der Waals surface area contributed by atoms with E-state index in [1.165, 1.54) is 0 Å². The van der Waals surface area contributed by atoms with Crippen LogP contribution in [0, 0.1) is 5.92 Å². The lowest BCUT2D eigenvalue weighted by Crippen LogP contribution is -2.40. The standard InChI is InChI=1S/C29H36N2O5S/c1-3-35-27(32)23(28(33)36-4-2)16-11-17-25-26-24(20-37-25)30(18-21-12-7-5-8-13-21)29(34)31(26)19-22-14-9-6-10-15-22/h5-10,12-15,23-26H,3-4,11,16-20H2,1-2H3/t24-,25-,26-/m0/s1. The molecule has 2 aliphatic heterocycles. The smallest absolute Gasteiger partial charge is 0.321 e. The molecule has 8 heteroatoms. The van der Waals surface area contributed by atoms with Crippen molar-refractivity contribution in [1.29, 1.82) is 0 Å². The van der Waals surface area contributed by atoms with E-state index in [1.54, 1.807) is 13.8 Å². The minimum atomic E-state index is -0.901. The highest BCUT2D eigenvalue weighted by Gasteiger charge is 2.52. The fraction of sp³-hybridized carbons (Fsp3) is 0.483. The zero-order chi connectivity index (χ0) is 26.2. The molecule has 0 spiro atoms. The molecule has 0 N–H and O–H groups in total. The van der Waals surface area contributed by atoms with Crippen LogP contribution >= 0.6 is 11.8 Å². The van der Waals surface area contributed by atoms with Gasteiger partial charge in [0, 0.05) is 24.1 Å². The van der Waals surface area contributed by atoms with E-state index in [2.05, 4.69) is 24.3 Å². The highest BCUT2D eigenvalue weighted by molar-refractivity contribution is 8.00. The average molecular weight is 525 g/mol. The van der Waals surface area contributed by atoms with E-state index >= 15 is 0 Å². The number of hydrogen-bond acceptors (Lipinski definition) is 6. The monoisotopic (exact) mass is 524 g/mol. The lowest BCUT2D eigenvalue weighted by atomic mass is 9.97. The fourth-order valence-electron chi connectivity index (χ4n) is 5.30. The first-order valence-corrected chi connectivity index (χ1v) is 14.2. The summed E-state index contributed by atoms with van der Waals surface area (Å²) >= 11 is 1.89. The third-order valence-corrected chi connectivity index (χ3v) is 8.50. The molecule has 2 amide bonds. The first-order valence-electron chi connectivity index (χ1n) is 13.1. The van der Waals surface area contributed by atoms with E-state index in [0.717, 1.165) is 23.3 Å². The number of hydrogen-bond donors (Lipinski definition) is 0. The van der Waals surface area contributed by atoms with Gasteiger partial charge < -0.3 is 19.3 Å². The second-order valence-electron chi connectivity index (χ2n) is 9.43.